The molecule has 1 heterocycles. The van der Waals surface area contributed by atoms with Crippen LogP contribution >= 0.6 is 12.4 Å². The third-order valence-electron chi connectivity index (χ3n) is 2.76. The molecular formula is C11H23ClN2O2. The maximum Gasteiger partial charge on any atom is 0.239 e. The van der Waals surface area contributed by atoms with E-state index in [1.54, 1.807) is 0 Å². The van der Waals surface area contributed by atoms with Gasteiger partial charge in [-0.3, -0.25) is 4.79 Å². The summed E-state index contributed by atoms with van der Waals surface area (Å²) in [5.41, 5.74) is 0. The first-order chi connectivity index (χ1) is 7.29. The van der Waals surface area contributed by atoms with Gasteiger partial charge in [0, 0.05) is 19.7 Å². The molecule has 1 unspecified atom stereocenters. The van der Waals surface area contributed by atoms with E-state index in [4.69, 9.17) is 4.74 Å². The highest BCUT2D eigenvalue weighted by molar-refractivity contribution is 5.85. The third-order valence-corrected chi connectivity index (χ3v) is 2.76. The number of amides is 1. The Labute approximate surface area is 104 Å². The van der Waals surface area contributed by atoms with Crippen molar-refractivity contribution in [3.8, 4) is 0 Å². The summed E-state index contributed by atoms with van der Waals surface area (Å²) in [6.45, 7) is 7.79. The van der Waals surface area contributed by atoms with Gasteiger partial charge in [0.1, 0.15) is 0 Å². The SMILES string of the molecule is CCOCCN(CC)C(=O)C1CCCN1.Cl. The summed E-state index contributed by atoms with van der Waals surface area (Å²) in [5, 5.41) is 3.23. The van der Waals surface area contributed by atoms with E-state index >= 15 is 0 Å². The predicted octanol–water partition coefficient (Wildman–Crippen LogP) is 1.05. The minimum Gasteiger partial charge on any atom is -0.380 e. The minimum atomic E-state index is 0. The zero-order chi connectivity index (χ0) is 11.1. The highest BCUT2D eigenvalue weighted by Gasteiger charge is 2.25. The Kier molecular flexibility index (Phi) is 8.61. The van der Waals surface area contributed by atoms with Crippen LogP contribution in [-0.4, -0.2) is 49.7 Å². The molecule has 0 aromatic heterocycles. The first kappa shape index (κ1) is 15.7. The molecular weight excluding hydrogens is 228 g/mol. The number of hydrogen-bond donors (Lipinski definition) is 1. The zero-order valence-electron chi connectivity index (χ0n) is 10.2. The topological polar surface area (TPSA) is 41.6 Å². The number of carbonyl (C=O) groups excluding carboxylic acids is 1. The average Bonchev–Trinajstić information content (AvgIpc) is 2.77. The van der Waals surface area contributed by atoms with Gasteiger partial charge in [-0.1, -0.05) is 0 Å². The Bertz CT molecular complexity index is 196. The standard InChI is InChI=1S/C11H22N2O2.ClH/c1-3-13(8-9-15-4-2)11(14)10-6-5-7-12-10;/h10,12H,3-9H2,1-2H3;1H. The Balaban J connectivity index is 0.00000225. The minimum absolute atomic E-state index is 0. The van der Waals surface area contributed by atoms with Crippen LogP contribution in [0.2, 0.25) is 0 Å². The van der Waals surface area contributed by atoms with E-state index in [9.17, 15) is 4.79 Å². The molecule has 1 rings (SSSR count). The molecule has 4 nitrogen and oxygen atoms in total. The summed E-state index contributed by atoms with van der Waals surface area (Å²) in [7, 11) is 0. The van der Waals surface area contributed by atoms with Crippen LogP contribution in [0.25, 0.3) is 0 Å². The lowest BCUT2D eigenvalue weighted by Gasteiger charge is -2.24. The lowest BCUT2D eigenvalue weighted by molar-refractivity contribution is -0.133. The molecule has 0 aromatic rings. The van der Waals surface area contributed by atoms with E-state index in [1.165, 1.54) is 0 Å². The maximum absolute atomic E-state index is 12.0. The first-order valence-electron chi connectivity index (χ1n) is 5.89. The largest absolute Gasteiger partial charge is 0.380 e. The molecule has 1 fully saturated rings. The highest BCUT2D eigenvalue weighted by Crippen LogP contribution is 2.08. The lowest BCUT2D eigenvalue weighted by atomic mass is 10.2. The zero-order valence-corrected chi connectivity index (χ0v) is 11.0. The van der Waals surface area contributed by atoms with Crippen LogP contribution in [0.5, 0.6) is 0 Å². The molecule has 0 aliphatic carbocycles. The fourth-order valence-electron chi connectivity index (χ4n) is 1.86. The normalized spacial score (nSPS) is 19.2. The van der Waals surface area contributed by atoms with Crippen molar-refractivity contribution in [3.05, 3.63) is 0 Å². The van der Waals surface area contributed by atoms with Gasteiger partial charge in [-0.25, -0.2) is 0 Å². The fraction of sp³-hybridized carbons (Fsp3) is 0.909. The van der Waals surface area contributed by atoms with Crippen LogP contribution in [-0.2, 0) is 9.53 Å². The van der Waals surface area contributed by atoms with Gasteiger partial charge in [0.2, 0.25) is 5.91 Å². The number of ether oxygens (including phenoxy) is 1. The van der Waals surface area contributed by atoms with E-state index in [1.807, 2.05) is 18.7 Å². The van der Waals surface area contributed by atoms with E-state index in [-0.39, 0.29) is 24.4 Å². The van der Waals surface area contributed by atoms with E-state index < -0.39 is 0 Å². The van der Waals surface area contributed by atoms with Crippen LogP contribution in [0.15, 0.2) is 0 Å². The van der Waals surface area contributed by atoms with Crippen molar-refractivity contribution in [2.45, 2.75) is 32.7 Å². The Morgan fingerprint density at radius 2 is 2.25 bits per heavy atom. The van der Waals surface area contributed by atoms with Gasteiger partial charge < -0.3 is 15.0 Å². The summed E-state index contributed by atoms with van der Waals surface area (Å²) >= 11 is 0. The molecule has 96 valence electrons. The van der Waals surface area contributed by atoms with Crippen LogP contribution in [0, 0.1) is 0 Å². The van der Waals surface area contributed by atoms with Crippen molar-refractivity contribution in [3.63, 3.8) is 0 Å². The second-order valence-electron chi connectivity index (χ2n) is 3.76. The van der Waals surface area contributed by atoms with Crippen molar-refractivity contribution in [2.24, 2.45) is 0 Å². The van der Waals surface area contributed by atoms with Gasteiger partial charge >= 0.3 is 0 Å². The van der Waals surface area contributed by atoms with Gasteiger partial charge in [-0.05, 0) is 33.2 Å². The summed E-state index contributed by atoms with van der Waals surface area (Å²) < 4.78 is 5.26. The Hall–Kier alpha value is -0.320. The number of likely N-dealkylation sites (N-methyl/N-ethyl adjacent to an activating group) is 1. The molecule has 16 heavy (non-hydrogen) atoms. The molecule has 1 amide bonds. The van der Waals surface area contributed by atoms with Crippen molar-refractivity contribution >= 4 is 18.3 Å². The van der Waals surface area contributed by atoms with Crippen molar-refractivity contribution in [2.75, 3.05) is 32.8 Å². The molecule has 0 bridgehead atoms. The van der Waals surface area contributed by atoms with Gasteiger partial charge in [-0.2, -0.15) is 0 Å². The van der Waals surface area contributed by atoms with E-state index in [2.05, 4.69) is 5.32 Å². The second-order valence-corrected chi connectivity index (χ2v) is 3.76. The molecule has 1 atom stereocenters. The molecule has 1 saturated heterocycles. The smallest absolute Gasteiger partial charge is 0.239 e. The van der Waals surface area contributed by atoms with Crippen LogP contribution in [0.1, 0.15) is 26.7 Å². The van der Waals surface area contributed by atoms with Crippen LogP contribution < -0.4 is 5.32 Å². The van der Waals surface area contributed by atoms with E-state index in [0.717, 1.165) is 25.9 Å². The molecule has 0 radical (unpaired) electrons. The lowest BCUT2D eigenvalue weighted by Crippen LogP contribution is -2.44. The second kappa shape index (κ2) is 8.79. The maximum atomic E-state index is 12.0. The molecule has 0 aromatic carbocycles. The van der Waals surface area contributed by atoms with Gasteiger partial charge in [0.25, 0.3) is 0 Å². The quantitative estimate of drug-likeness (QED) is 0.717. The average molecular weight is 251 g/mol. The fourth-order valence-corrected chi connectivity index (χ4v) is 1.86. The van der Waals surface area contributed by atoms with Crippen LogP contribution in [0.4, 0.5) is 0 Å². The number of nitrogens with one attached hydrogen (secondary N) is 1. The number of carbonyl (C=O) groups is 1. The highest BCUT2D eigenvalue weighted by atomic mass is 35.5. The summed E-state index contributed by atoms with van der Waals surface area (Å²) in [6.07, 6.45) is 2.09. The Morgan fingerprint density at radius 3 is 2.75 bits per heavy atom. The van der Waals surface area contributed by atoms with E-state index in [0.29, 0.717) is 19.8 Å². The van der Waals surface area contributed by atoms with Gasteiger partial charge in [-0.15, -0.1) is 12.4 Å². The molecule has 0 saturated carbocycles. The number of nitrogens with zero attached hydrogens (tertiary/aromatic N) is 1. The third kappa shape index (κ3) is 4.68. The summed E-state index contributed by atoms with van der Waals surface area (Å²) in [6, 6.07) is 0.0478. The monoisotopic (exact) mass is 250 g/mol. The molecule has 5 heteroatoms. The summed E-state index contributed by atoms with van der Waals surface area (Å²) in [4.78, 5) is 13.9. The van der Waals surface area contributed by atoms with Gasteiger partial charge in [0.15, 0.2) is 0 Å². The summed E-state index contributed by atoms with van der Waals surface area (Å²) in [5.74, 6) is 0.231. The first-order valence-corrected chi connectivity index (χ1v) is 5.89. The number of rotatable bonds is 6. The number of hydrogen-bond acceptors (Lipinski definition) is 3. The van der Waals surface area contributed by atoms with Crippen molar-refractivity contribution in [1.82, 2.24) is 10.2 Å². The molecule has 1 aliphatic heterocycles. The van der Waals surface area contributed by atoms with Crippen molar-refractivity contribution < 1.29 is 9.53 Å². The van der Waals surface area contributed by atoms with Crippen molar-refractivity contribution in [1.29, 1.82) is 0 Å². The van der Waals surface area contributed by atoms with Crippen LogP contribution in [0.3, 0.4) is 0 Å². The molecule has 1 N–H and O–H groups in total. The van der Waals surface area contributed by atoms with Gasteiger partial charge in [0.05, 0.1) is 12.6 Å². The number of halogens is 1. The molecule has 1 aliphatic rings. The predicted molar refractivity (Wildman–Crippen MR) is 67.0 cm³/mol. The Morgan fingerprint density at radius 1 is 1.50 bits per heavy atom. The molecule has 0 spiro atoms.